The fourth-order valence-corrected chi connectivity index (χ4v) is 1.65. The summed E-state index contributed by atoms with van der Waals surface area (Å²) in [5, 5.41) is 11.2. The van der Waals surface area contributed by atoms with Crippen LogP contribution < -0.4 is 15.8 Å². The molecule has 0 saturated heterocycles. The summed E-state index contributed by atoms with van der Waals surface area (Å²) in [6.45, 7) is 5.07. The molecule has 1 aliphatic carbocycles. The first kappa shape index (κ1) is 16.9. The zero-order valence-electron chi connectivity index (χ0n) is 10.1. The third kappa shape index (κ3) is 7.77. The Morgan fingerprint density at radius 1 is 1.53 bits per heavy atom. The molecule has 8 heteroatoms. The van der Waals surface area contributed by atoms with E-state index in [1.807, 2.05) is 6.92 Å². The molecule has 0 aromatic heterocycles. The van der Waals surface area contributed by atoms with Gasteiger partial charge in [-0.3, -0.25) is 4.99 Å². The van der Waals surface area contributed by atoms with E-state index in [0.717, 1.165) is 13.0 Å². The molecule has 2 unspecified atom stereocenters. The van der Waals surface area contributed by atoms with Crippen LogP contribution >= 0.6 is 24.0 Å². The van der Waals surface area contributed by atoms with Crippen molar-refractivity contribution >= 4 is 40.0 Å². The number of hydrogen-bond acceptors (Lipinski definition) is 3. The van der Waals surface area contributed by atoms with Crippen molar-refractivity contribution in [2.24, 2.45) is 16.0 Å². The molecule has 0 spiro atoms. The van der Waals surface area contributed by atoms with E-state index in [0.29, 0.717) is 17.9 Å². The average molecular weight is 376 g/mol. The van der Waals surface area contributed by atoms with Gasteiger partial charge in [0.2, 0.25) is 10.0 Å². The molecule has 1 rings (SSSR count). The predicted octanol–water partition coefficient (Wildman–Crippen LogP) is -0.144. The Hall–Kier alpha value is -0.0900. The number of sulfonamides is 1. The van der Waals surface area contributed by atoms with Crippen molar-refractivity contribution in [2.75, 3.05) is 18.8 Å². The van der Waals surface area contributed by atoms with E-state index in [9.17, 15) is 8.42 Å². The van der Waals surface area contributed by atoms with Crippen LogP contribution in [-0.4, -0.2) is 39.3 Å². The molecule has 0 radical (unpaired) electrons. The Morgan fingerprint density at radius 2 is 2.12 bits per heavy atom. The van der Waals surface area contributed by atoms with Crippen LogP contribution in [0.5, 0.6) is 0 Å². The van der Waals surface area contributed by atoms with Gasteiger partial charge in [-0.25, -0.2) is 13.6 Å². The fraction of sp³-hybridized carbons (Fsp3) is 0.889. The van der Waals surface area contributed by atoms with E-state index < -0.39 is 10.0 Å². The van der Waals surface area contributed by atoms with Crippen LogP contribution in [0.3, 0.4) is 0 Å². The van der Waals surface area contributed by atoms with Crippen molar-refractivity contribution in [3.05, 3.63) is 0 Å². The zero-order chi connectivity index (χ0) is 12.2. The highest BCUT2D eigenvalue weighted by Crippen LogP contribution is 2.28. The SMILES string of the molecule is CCNC(=NCCS(N)(=O)=O)NC1CC1C.I. The van der Waals surface area contributed by atoms with Gasteiger partial charge in [0.05, 0.1) is 12.3 Å². The minimum atomic E-state index is -3.42. The molecule has 4 N–H and O–H groups in total. The van der Waals surface area contributed by atoms with E-state index in [-0.39, 0.29) is 36.3 Å². The first-order valence-corrected chi connectivity index (χ1v) is 7.19. The maximum Gasteiger partial charge on any atom is 0.210 e. The Bertz CT molecular complexity index is 358. The molecular weight excluding hydrogens is 355 g/mol. The number of nitrogens with zero attached hydrogens (tertiary/aromatic N) is 1. The molecule has 0 aromatic carbocycles. The molecular formula is C9H21IN4O2S. The smallest absolute Gasteiger partial charge is 0.210 e. The molecule has 1 saturated carbocycles. The number of hydrogen-bond donors (Lipinski definition) is 3. The summed E-state index contributed by atoms with van der Waals surface area (Å²) in [6.07, 6.45) is 1.14. The molecule has 0 aromatic rings. The third-order valence-corrected chi connectivity index (χ3v) is 3.17. The normalized spacial score (nSPS) is 23.8. The van der Waals surface area contributed by atoms with Crippen LogP contribution in [0.1, 0.15) is 20.3 Å². The molecule has 1 aliphatic rings. The van der Waals surface area contributed by atoms with Crippen molar-refractivity contribution in [1.82, 2.24) is 10.6 Å². The second-order valence-corrected chi connectivity index (χ2v) is 5.83. The zero-order valence-corrected chi connectivity index (χ0v) is 13.3. The minimum Gasteiger partial charge on any atom is -0.357 e. The lowest BCUT2D eigenvalue weighted by atomic mass is 10.5. The number of nitrogens with two attached hydrogens (primary N) is 1. The number of rotatable bonds is 5. The molecule has 6 nitrogen and oxygen atoms in total. The van der Waals surface area contributed by atoms with Crippen molar-refractivity contribution < 1.29 is 8.42 Å². The summed E-state index contributed by atoms with van der Waals surface area (Å²) in [5.74, 6) is 1.21. The Morgan fingerprint density at radius 3 is 2.53 bits per heavy atom. The lowest BCUT2D eigenvalue weighted by Crippen LogP contribution is -2.39. The van der Waals surface area contributed by atoms with Gasteiger partial charge >= 0.3 is 0 Å². The highest BCUT2D eigenvalue weighted by Gasteiger charge is 2.33. The first-order valence-electron chi connectivity index (χ1n) is 5.47. The lowest BCUT2D eigenvalue weighted by Gasteiger charge is -2.10. The summed E-state index contributed by atoms with van der Waals surface area (Å²) in [4.78, 5) is 4.15. The average Bonchev–Trinajstić information content (AvgIpc) is 2.79. The van der Waals surface area contributed by atoms with Gasteiger partial charge in [0, 0.05) is 12.6 Å². The monoisotopic (exact) mass is 376 g/mol. The molecule has 0 amide bonds. The van der Waals surface area contributed by atoms with Gasteiger partial charge in [0.15, 0.2) is 5.96 Å². The quantitative estimate of drug-likeness (QED) is 0.353. The summed E-state index contributed by atoms with van der Waals surface area (Å²) >= 11 is 0. The van der Waals surface area contributed by atoms with Crippen LogP contribution in [0.15, 0.2) is 4.99 Å². The van der Waals surface area contributed by atoms with Crippen LogP contribution in [-0.2, 0) is 10.0 Å². The van der Waals surface area contributed by atoms with Crippen LogP contribution in [0.2, 0.25) is 0 Å². The summed E-state index contributed by atoms with van der Waals surface area (Å²) in [7, 11) is -3.42. The number of guanidine groups is 1. The van der Waals surface area contributed by atoms with Gasteiger partial charge in [-0.1, -0.05) is 6.92 Å². The predicted molar refractivity (Wildman–Crippen MR) is 80.1 cm³/mol. The van der Waals surface area contributed by atoms with Gasteiger partial charge in [-0.15, -0.1) is 24.0 Å². The summed E-state index contributed by atoms with van der Waals surface area (Å²) in [5.41, 5.74) is 0. The van der Waals surface area contributed by atoms with Gasteiger partial charge in [-0.05, 0) is 19.3 Å². The number of aliphatic imine (C=N–C) groups is 1. The van der Waals surface area contributed by atoms with Crippen molar-refractivity contribution in [2.45, 2.75) is 26.3 Å². The Kier molecular flexibility index (Phi) is 7.33. The molecule has 0 heterocycles. The van der Waals surface area contributed by atoms with Crippen LogP contribution in [0, 0.1) is 5.92 Å². The minimum absolute atomic E-state index is 0. The fourth-order valence-electron chi connectivity index (χ4n) is 1.30. The number of nitrogens with one attached hydrogen (secondary N) is 2. The van der Waals surface area contributed by atoms with Gasteiger partial charge in [-0.2, -0.15) is 0 Å². The Balaban J connectivity index is 0.00000256. The highest BCUT2D eigenvalue weighted by atomic mass is 127. The van der Waals surface area contributed by atoms with Gasteiger partial charge in [0.1, 0.15) is 0 Å². The second-order valence-electron chi connectivity index (χ2n) is 4.09. The number of halogens is 1. The van der Waals surface area contributed by atoms with E-state index in [4.69, 9.17) is 5.14 Å². The van der Waals surface area contributed by atoms with Crippen LogP contribution in [0.25, 0.3) is 0 Å². The highest BCUT2D eigenvalue weighted by molar-refractivity contribution is 14.0. The summed E-state index contributed by atoms with van der Waals surface area (Å²) < 4.78 is 21.4. The van der Waals surface area contributed by atoms with E-state index >= 15 is 0 Å². The van der Waals surface area contributed by atoms with Crippen LogP contribution in [0.4, 0.5) is 0 Å². The van der Waals surface area contributed by atoms with E-state index in [1.54, 1.807) is 0 Å². The first-order chi connectivity index (χ1) is 7.42. The van der Waals surface area contributed by atoms with Gasteiger partial charge in [0.25, 0.3) is 0 Å². The van der Waals surface area contributed by atoms with Crippen molar-refractivity contribution in [3.63, 3.8) is 0 Å². The van der Waals surface area contributed by atoms with Gasteiger partial charge < -0.3 is 10.6 Å². The third-order valence-electron chi connectivity index (χ3n) is 2.42. The molecule has 17 heavy (non-hydrogen) atoms. The van der Waals surface area contributed by atoms with E-state index in [2.05, 4.69) is 22.5 Å². The molecule has 102 valence electrons. The van der Waals surface area contributed by atoms with Crippen molar-refractivity contribution in [3.8, 4) is 0 Å². The maximum atomic E-state index is 10.7. The largest absolute Gasteiger partial charge is 0.357 e. The number of primary sulfonamides is 1. The molecule has 1 fully saturated rings. The summed E-state index contributed by atoms with van der Waals surface area (Å²) in [6, 6.07) is 0.465. The Labute approximate surface area is 120 Å². The molecule has 0 bridgehead atoms. The lowest BCUT2D eigenvalue weighted by molar-refractivity contribution is 0.597. The van der Waals surface area contributed by atoms with E-state index in [1.165, 1.54) is 0 Å². The molecule has 2 atom stereocenters. The standard InChI is InChI=1S/C9H20N4O2S.HI/c1-3-11-9(13-8-6-7(8)2)12-4-5-16(10,14)15;/h7-8H,3-6H2,1-2H3,(H2,10,14,15)(H2,11,12,13);1H. The molecule has 0 aliphatic heterocycles. The second kappa shape index (κ2) is 7.37. The van der Waals surface area contributed by atoms with Crippen molar-refractivity contribution in [1.29, 1.82) is 0 Å². The maximum absolute atomic E-state index is 10.7. The topological polar surface area (TPSA) is 96.6 Å².